The molecular formula is C16H25N3O. The molecule has 4 heteroatoms. The molecular weight excluding hydrogens is 250 g/mol. The van der Waals surface area contributed by atoms with Crippen molar-refractivity contribution in [3.05, 3.63) is 29.8 Å². The number of hydrogen-bond acceptors (Lipinski definition) is 3. The van der Waals surface area contributed by atoms with Crippen LogP contribution in [0.25, 0.3) is 0 Å². The summed E-state index contributed by atoms with van der Waals surface area (Å²) in [5.74, 6) is -0.00110. The first kappa shape index (κ1) is 14.9. The van der Waals surface area contributed by atoms with Gasteiger partial charge in [-0.25, -0.2) is 0 Å². The Morgan fingerprint density at radius 3 is 2.65 bits per heavy atom. The number of likely N-dealkylation sites (tertiary alicyclic amines) is 1. The van der Waals surface area contributed by atoms with Crippen molar-refractivity contribution in [2.75, 3.05) is 32.0 Å². The van der Waals surface area contributed by atoms with Gasteiger partial charge in [0.15, 0.2) is 0 Å². The number of benzene rings is 1. The van der Waals surface area contributed by atoms with Gasteiger partial charge < -0.3 is 10.6 Å². The van der Waals surface area contributed by atoms with Gasteiger partial charge in [-0.15, -0.1) is 0 Å². The first-order chi connectivity index (χ1) is 9.72. The molecule has 0 aromatic heterocycles. The molecule has 4 nitrogen and oxygen atoms in total. The minimum Gasteiger partial charge on any atom is -0.387 e. The summed E-state index contributed by atoms with van der Waals surface area (Å²) >= 11 is 0. The highest BCUT2D eigenvalue weighted by Gasteiger charge is 2.18. The molecule has 0 aliphatic carbocycles. The first-order valence-electron chi connectivity index (χ1n) is 7.51. The van der Waals surface area contributed by atoms with Crippen LogP contribution in [-0.2, 0) is 0 Å². The average molecular weight is 275 g/mol. The Bertz CT molecular complexity index is 441. The second-order valence-corrected chi connectivity index (χ2v) is 5.45. The molecule has 2 N–H and O–H groups in total. The monoisotopic (exact) mass is 275 g/mol. The zero-order valence-electron chi connectivity index (χ0n) is 12.5. The van der Waals surface area contributed by atoms with E-state index in [1.165, 1.54) is 19.3 Å². The molecule has 1 aliphatic rings. The van der Waals surface area contributed by atoms with Crippen LogP contribution in [0.2, 0.25) is 0 Å². The third-order valence-electron chi connectivity index (χ3n) is 4.01. The second kappa shape index (κ2) is 7.29. The minimum absolute atomic E-state index is 0.00110. The molecule has 0 saturated carbocycles. The summed E-state index contributed by atoms with van der Waals surface area (Å²) in [6, 6.07) is 8.00. The normalized spacial score (nSPS) is 17.5. The van der Waals surface area contributed by atoms with E-state index in [9.17, 15) is 4.79 Å². The van der Waals surface area contributed by atoms with E-state index < -0.39 is 0 Å². The Morgan fingerprint density at radius 1 is 1.25 bits per heavy atom. The van der Waals surface area contributed by atoms with Gasteiger partial charge in [-0.2, -0.15) is 0 Å². The lowest BCUT2D eigenvalue weighted by atomic mass is 10.1. The van der Waals surface area contributed by atoms with Gasteiger partial charge in [0, 0.05) is 25.3 Å². The molecule has 1 saturated heterocycles. The van der Waals surface area contributed by atoms with Crippen molar-refractivity contribution in [2.24, 2.45) is 0 Å². The second-order valence-electron chi connectivity index (χ2n) is 5.45. The number of nitrogens with zero attached hydrogens (tertiary/aromatic N) is 1. The lowest BCUT2D eigenvalue weighted by molar-refractivity contribution is 0.0931. The van der Waals surface area contributed by atoms with E-state index in [1.807, 2.05) is 31.3 Å². The fourth-order valence-electron chi connectivity index (χ4n) is 2.72. The van der Waals surface area contributed by atoms with Crippen LogP contribution < -0.4 is 10.6 Å². The van der Waals surface area contributed by atoms with Gasteiger partial charge >= 0.3 is 0 Å². The first-order valence-corrected chi connectivity index (χ1v) is 7.51. The van der Waals surface area contributed by atoms with Crippen LogP contribution in [0, 0.1) is 0 Å². The van der Waals surface area contributed by atoms with E-state index >= 15 is 0 Å². The summed E-state index contributed by atoms with van der Waals surface area (Å²) in [4.78, 5) is 14.7. The number of rotatable bonds is 5. The smallest absolute Gasteiger partial charge is 0.253 e. The molecule has 20 heavy (non-hydrogen) atoms. The fourth-order valence-corrected chi connectivity index (χ4v) is 2.72. The molecule has 1 heterocycles. The van der Waals surface area contributed by atoms with Crippen molar-refractivity contribution < 1.29 is 4.79 Å². The lowest BCUT2D eigenvalue weighted by Gasteiger charge is -2.32. The molecule has 1 atom stereocenters. The molecule has 1 unspecified atom stereocenters. The molecule has 1 aliphatic heterocycles. The van der Waals surface area contributed by atoms with Crippen molar-refractivity contribution in [2.45, 2.75) is 32.2 Å². The van der Waals surface area contributed by atoms with Gasteiger partial charge in [0.25, 0.3) is 5.91 Å². The zero-order chi connectivity index (χ0) is 14.4. The van der Waals surface area contributed by atoms with Crippen molar-refractivity contribution in [1.29, 1.82) is 0 Å². The summed E-state index contributed by atoms with van der Waals surface area (Å²) in [6.07, 6.45) is 3.90. The molecule has 110 valence electrons. The van der Waals surface area contributed by atoms with Crippen LogP contribution in [0.5, 0.6) is 0 Å². The van der Waals surface area contributed by atoms with Crippen LogP contribution in [0.4, 0.5) is 5.69 Å². The maximum absolute atomic E-state index is 12.2. The third-order valence-corrected chi connectivity index (χ3v) is 4.01. The summed E-state index contributed by atoms with van der Waals surface area (Å²) in [5.41, 5.74) is 1.58. The van der Waals surface area contributed by atoms with Crippen LogP contribution >= 0.6 is 0 Å². The number of nitrogens with one attached hydrogen (secondary N) is 2. The summed E-state index contributed by atoms with van der Waals surface area (Å²) in [7, 11) is 1.84. The molecule has 1 amide bonds. The number of amides is 1. The molecule has 1 aromatic carbocycles. The highest BCUT2D eigenvalue weighted by Crippen LogP contribution is 2.14. The van der Waals surface area contributed by atoms with Crippen molar-refractivity contribution >= 4 is 11.6 Å². The van der Waals surface area contributed by atoms with Gasteiger partial charge in [-0.05, 0) is 45.0 Å². The summed E-state index contributed by atoms with van der Waals surface area (Å²) in [6.45, 7) is 5.21. The minimum atomic E-state index is -0.00110. The number of para-hydroxylation sites is 1. The fraction of sp³-hybridized carbons (Fsp3) is 0.562. The molecule has 1 fully saturated rings. The summed E-state index contributed by atoms with van der Waals surface area (Å²) in [5, 5.41) is 6.11. The predicted molar refractivity (Wildman–Crippen MR) is 83.2 cm³/mol. The highest BCUT2D eigenvalue weighted by molar-refractivity contribution is 5.99. The number of piperidine rings is 1. The Morgan fingerprint density at radius 2 is 1.95 bits per heavy atom. The zero-order valence-corrected chi connectivity index (χ0v) is 12.5. The summed E-state index contributed by atoms with van der Waals surface area (Å²) < 4.78 is 0. The van der Waals surface area contributed by atoms with Gasteiger partial charge in [0.05, 0.1) is 5.56 Å². The number of hydrogen-bond donors (Lipinski definition) is 2. The van der Waals surface area contributed by atoms with E-state index in [0.717, 1.165) is 18.8 Å². The Labute approximate surface area is 121 Å². The van der Waals surface area contributed by atoms with Gasteiger partial charge in [-0.1, -0.05) is 18.6 Å². The quantitative estimate of drug-likeness (QED) is 0.867. The third kappa shape index (κ3) is 3.73. The van der Waals surface area contributed by atoms with E-state index in [2.05, 4.69) is 22.5 Å². The molecule has 0 bridgehead atoms. The van der Waals surface area contributed by atoms with E-state index in [-0.39, 0.29) is 5.91 Å². The molecule has 2 rings (SSSR count). The van der Waals surface area contributed by atoms with E-state index in [1.54, 1.807) is 0 Å². The Balaban J connectivity index is 1.88. The highest BCUT2D eigenvalue weighted by atomic mass is 16.1. The van der Waals surface area contributed by atoms with Gasteiger partial charge in [-0.3, -0.25) is 9.69 Å². The number of anilines is 1. The van der Waals surface area contributed by atoms with E-state index in [0.29, 0.717) is 18.2 Å². The standard InChI is InChI=1S/C16H25N3O/c1-13(19-10-6-3-7-11-19)12-18-16(20)14-8-4-5-9-15(14)17-2/h4-5,8-9,13,17H,3,6-7,10-12H2,1-2H3,(H,18,20). The van der Waals surface area contributed by atoms with Crippen LogP contribution in [0.1, 0.15) is 36.5 Å². The Hall–Kier alpha value is -1.55. The van der Waals surface area contributed by atoms with Crippen LogP contribution in [0.3, 0.4) is 0 Å². The predicted octanol–water partition coefficient (Wildman–Crippen LogP) is 2.33. The van der Waals surface area contributed by atoms with Gasteiger partial charge in [0.2, 0.25) is 0 Å². The number of carbonyl (C=O) groups is 1. The van der Waals surface area contributed by atoms with Crippen molar-refractivity contribution in [3.8, 4) is 0 Å². The van der Waals surface area contributed by atoms with Crippen LogP contribution in [-0.4, -0.2) is 43.5 Å². The maximum Gasteiger partial charge on any atom is 0.253 e. The topological polar surface area (TPSA) is 44.4 Å². The molecule has 0 spiro atoms. The lowest BCUT2D eigenvalue weighted by Crippen LogP contribution is -2.44. The maximum atomic E-state index is 12.2. The van der Waals surface area contributed by atoms with Gasteiger partial charge in [0.1, 0.15) is 0 Å². The molecule has 1 aromatic rings. The van der Waals surface area contributed by atoms with Crippen molar-refractivity contribution in [3.63, 3.8) is 0 Å². The largest absolute Gasteiger partial charge is 0.387 e. The van der Waals surface area contributed by atoms with Crippen molar-refractivity contribution in [1.82, 2.24) is 10.2 Å². The SMILES string of the molecule is CNc1ccccc1C(=O)NCC(C)N1CCCCC1. The molecule has 0 radical (unpaired) electrons. The van der Waals surface area contributed by atoms with E-state index in [4.69, 9.17) is 0 Å². The number of carbonyl (C=O) groups excluding carboxylic acids is 1. The Kier molecular flexibility index (Phi) is 5.41. The van der Waals surface area contributed by atoms with Crippen LogP contribution in [0.15, 0.2) is 24.3 Å². The average Bonchev–Trinajstić information content (AvgIpc) is 2.53.